The Morgan fingerprint density at radius 2 is 2.14 bits per heavy atom. The van der Waals surface area contributed by atoms with Gasteiger partial charge in [0.05, 0.1) is 9.82 Å². The average Bonchev–Trinajstić information content (AvgIpc) is 2.84. The zero-order chi connectivity index (χ0) is 15.6. The van der Waals surface area contributed by atoms with Crippen molar-refractivity contribution in [2.75, 3.05) is 18.1 Å². The van der Waals surface area contributed by atoms with Gasteiger partial charge in [-0.25, -0.2) is 8.42 Å². The second kappa shape index (κ2) is 5.98. The van der Waals surface area contributed by atoms with Crippen LogP contribution in [-0.4, -0.2) is 32.2 Å². The van der Waals surface area contributed by atoms with Gasteiger partial charge in [0.25, 0.3) is 5.69 Å². The Balaban J connectivity index is 2.33. The van der Waals surface area contributed by atoms with Gasteiger partial charge in [-0.1, -0.05) is 6.42 Å². The largest absolute Gasteiger partial charge is 0.376 e. The minimum atomic E-state index is -3.47. The van der Waals surface area contributed by atoms with Crippen molar-refractivity contribution in [3.05, 3.63) is 28.3 Å². The zero-order valence-electron chi connectivity index (χ0n) is 11.8. The van der Waals surface area contributed by atoms with Crippen LogP contribution in [0.15, 0.2) is 23.1 Å². The van der Waals surface area contributed by atoms with Crippen LogP contribution in [-0.2, 0) is 9.84 Å². The van der Waals surface area contributed by atoms with Crippen LogP contribution in [0.4, 0.5) is 11.4 Å². The molecule has 0 bridgehead atoms. The predicted octanol–water partition coefficient (Wildman–Crippen LogP) is 1.54. The first-order valence-electron chi connectivity index (χ1n) is 6.78. The summed E-state index contributed by atoms with van der Waals surface area (Å²) in [6.07, 6.45) is 3.98. The highest BCUT2D eigenvalue weighted by molar-refractivity contribution is 7.90. The third kappa shape index (κ3) is 3.51. The summed E-state index contributed by atoms with van der Waals surface area (Å²) in [5, 5.41) is 14.3. The summed E-state index contributed by atoms with van der Waals surface area (Å²) in [6.45, 7) is 0.535. The van der Waals surface area contributed by atoms with E-state index in [0.717, 1.165) is 31.6 Å². The lowest BCUT2D eigenvalue weighted by molar-refractivity contribution is -0.384. The zero-order valence-corrected chi connectivity index (χ0v) is 12.6. The first kappa shape index (κ1) is 15.7. The van der Waals surface area contributed by atoms with Crippen molar-refractivity contribution in [3.8, 4) is 0 Å². The standard InChI is InChI=1S/C13H19N3O4S/c1-21(19,20)10-5-6-12(13(7-10)16(17)18)15-11-4-2-3-9(11)8-14/h5-7,9,11,15H,2-4,8,14H2,1H3. The van der Waals surface area contributed by atoms with Crippen molar-refractivity contribution in [1.29, 1.82) is 0 Å². The van der Waals surface area contributed by atoms with E-state index in [4.69, 9.17) is 5.73 Å². The lowest BCUT2D eigenvalue weighted by Gasteiger charge is -2.20. The fraction of sp³-hybridized carbons (Fsp3) is 0.538. The molecule has 1 aliphatic rings. The van der Waals surface area contributed by atoms with Gasteiger partial charge in [-0.15, -0.1) is 0 Å². The molecule has 2 unspecified atom stereocenters. The van der Waals surface area contributed by atoms with Crippen LogP contribution in [0.3, 0.4) is 0 Å². The molecule has 3 N–H and O–H groups in total. The Kier molecular flexibility index (Phi) is 4.48. The van der Waals surface area contributed by atoms with E-state index in [0.29, 0.717) is 18.2 Å². The van der Waals surface area contributed by atoms with Crippen molar-refractivity contribution >= 4 is 21.2 Å². The fourth-order valence-corrected chi connectivity index (χ4v) is 3.36. The normalized spacial score (nSPS) is 22.2. The quantitative estimate of drug-likeness (QED) is 0.629. The molecule has 2 rings (SSSR count). The first-order chi connectivity index (χ1) is 9.82. The van der Waals surface area contributed by atoms with E-state index in [2.05, 4.69) is 5.32 Å². The van der Waals surface area contributed by atoms with Crippen molar-refractivity contribution in [2.24, 2.45) is 11.7 Å². The maximum atomic E-state index is 11.5. The summed E-state index contributed by atoms with van der Waals surface area (Å²) in [4.78, 5) is 10.6. The van der Waals surface area contributed by atoms with Gasteiger partial charge >= 0.3 is 0 Å². The number of hydrogen-bond donors (Lipinski definition) is 2. The molecule has 0 saturated heterocycles. The summed E-state index contributed by atoms with van der Waals surface area (Å²) in [5.41, 5.74) is 5.83. The summed E-state index contributed by atoms with van der Waals surface area (Å²) in [6, 6.07) is 4.04. The van der Waals surface area contributed by atoms with Crippen molar-refractivity contribution in [3.63, 3.8) is 0 Å². The minimum Gasteiger partial charge on any atom is -0.376 e. The van der Waals surface area contributed by atoms with E-state index >= 15 is 0 Å². The van der Waals surface area contributed by atoms with Gasteiger partial charge in [-0.05, 0) is 37.4 Å². The molecule has 1 aliphatic carbocycles. The van der Waals surface area contributed by atoms with Crippen molar-refractivity contribution in [1.82, 2.24) is 0 Å². The van der Waals surface area contributed by atoms with Gasteiger partial charge in [0.1, 0.15) is 5.69 Å². The van der Waals surface area contributed by atoms with Crippen LogP contribution < -0.4 is 11.1 Å². The van der Waals surface area contributed by atoms with Gasteiger partial charge < -0.3 is 11.1 Å². The van der Waals surface area contributed by atoms with Crippen LogP contribution in [0.2, 0.25) is 0 Å². The Bertz CT molecular complexity index is 645. The SMILES string of the molecule is CS(=O)(=O)c1ccc(NC2CCCC2CN)c([N+](=O)[O-])c1. The van der Waals surface area contributed by atoms with Crippen LogP contribution in [0.25, 0.3) is 0 Å². The topological polar surface area (TPSA) is 115 Å². The molecule has 21 heavy (non-hydrogen) atoms. The first-order valence-corrected chi connectivity index (χ1v) is 8.67. The number of hydrogen-bond acceptors (Lipinski definition) is 6. The number of nitrogens with zero attached hydrogens (tertiary/aromatic N) is 1. The maximum absolute atomic E-state index is 11.5. The molecule has 1 saturated carbocycles. The average molecular weight is 313 g/mol. The molecule has 1 aromatic carbocycles. The molecule has 0 radical (unpaired) electrons. The molecule has 0 aliphatic heterocycles. The summed E-state index contributed by atoms with van der Waals surface area (Å²) >= 11 is 0. The molecule has 0 aromatic heterocycles. The summed E-state index contributed by atoms with van der Waals surface area (Å²) in [5.74, 6) is 0.291. The molecule has 0 spiro atoms. The van der Waals surface area contributed by atoms with E-state index in [1.54, 1.807) is 0 Å². The van der Waals surface area contributed by atoms with Gasteiger partial charge in [-0.3, -0.25) is 10.1 Å². The molecule has 7 nitrogen and oxygen atoms in total. The van der Waals surface area contributed by atoms with Gasteiger partial charge in [0.15, 0.2) is 9.84 Å². The van der Waals surface area contributed by atoms with E-state index in [1.807, 2.05) is 0 Å². The molecule has 116 valence electrons. The van der Waals surface area contributed by atoms with Gasteiger partial charge in [0, 0.05) is 18.4 Å². The van der Waals surface area contributed by atoms with Crippen LogP contribution in [0, 0.1) is 16.0 Å². The number of nitrogens with one attached hydrogen (secondary N) is 1. The monoisotopic (exact) mass is 313 g/mol. The number of benzene rings is 1. The predicted molar refractivity (Wildman–Crippen MR) is 80.0 cm³/mol. The van der Waals surface area contributed by atoms with Crippen molar-refractivity contribution in [2.45, 2.75) is 30.2 Å². The molecule has 1 aromatic rings. The van der Waals surface area contributed by atoms with E-state index < -0.39 is 14.8 Å². The van der Waals surface area contributed by atoms with Crippen LogP contribution in [0.1, 0.15) is 19.3 Å². The summed E-state index contributed by atoms with van der Waals surface area (Å²) in [7, 11) is -3.47. The lowest BCUT2D eigenvalue weighted by Crippen LogP contribution is -2.29. The highest BCUT2D eigenvalue weighted by Gasteiger charge is 2.28. The number of anilines is 1. The third-order valence-electron chi connectivity index (χ3n) is 3.90. The van der Waals surface area contributed by atoms with Crippen LogP contribution >= 0.6 is 0 Å². The maximum Gasteiger partial charge on any atom is 0.293 e. The van der Waals surface area contributed by atoms with E-state index in [9.17, 15) is 18.5 Å². The fourth-order valence-electron chi connectivity index (χ4n) is 2.72. The van der Waals surface area contributed by atoms with Gasteiger partial charge in [-0.2, -0.15) is 0 Å². The van der Waals surface area contributed by atoms with Gasteiger partial charge in [0.2, 0.25) is 0 Å². The molecule has 0 heterocycles. The second-order valence-corrected chi connectivity index (χ2v) is 7.40. The molecule has 0 amide bonds. The third-order valence-corrected chi connectivity index (χ3v) is 5.01. The smallest absolute Gasteiger partial charge is 0.293 e. The highest BCUT2D eigenvalue weighted by Crippen LogP contribution is 2.33. The lowest BCUT2D eigenvalue weighted by atomic mass is 10.0. The molecule has 2 atom stereocenters. The summed E-state index contributed by atoms with van der Waals surface area (Å²) < 4.78 is 23.0. The van der Waals surface area contributed by atoms with Crippen LogP contribution in [0.5, 0.6) is 0 Å². The number of rotatable bonds is 5. The Hall–Kier alpha value is -1.67. The molecule has 8 heteroatoms. The number of sulfone groups is 1. The Morgan fingerprint density at radius 1 is 1.43 bits per heavy atom. The Labute approximate surface area is 123 Å². The number of nitro groups is 1. The Morgan fingerprint density at radius 3 is 2.71 bits per heavy atom. The highest BCUT2D eigenvalue weighted by atomic mass is 32.2. The number of nitro benzene ring substituents is 1. The van der Waals surface area contributed by atoms with E-state index in [-0.39, 0.29) is 16.6 Å². The second-order valence-electron chi connectivity index (χ2n) is 5.39. The van der Waals surface area contributed by atoms with Crippen molar-refractivity contribution < 1.29 is 13.3 Å². The van der Waals surface area contributed by atoms with E-state index in [1.165, 1.54) is 12.1 Å². The molecular formula is C13H19N3O4S. The minimum absolute atomic E-state index is 0.0541. The molecular weight excluding hydrogens is 294 g/mol. The number of nitrogens with two attached hydrogens (primary N) is 1. The molecule has 1 fully saturated rings.